The molecule has 564 valence electrons. The van der Waals surface area contributed by atoms with Crippen LogP contribution in [0.3, 0.4) is 0 Å². The van der Waals surface area contributed by atoms with Crippen LogP contribution in [0.15, 0.2) is 4.99 Å². The highest BCUT2D eigenvalue weighted by molar-refractivity contribution is 5.77. The minimum atomic E-state index is -0.715. The molecule has 0 aromatic carbocycles. The monoisotopic (exact) mass is 1430 g/mol. The zero-order valence-electron chi connectivity index (χ0n) is 51.7. The Morgan fingerprint density at radius 1 is 0.296 bits per heavy atom. The number of aliphatic imine (C=N–C) groups is 1. The van der Waals surface area contributed by atoms with E-state index in [0.717, 1.165) is 34.3 Å². The largest absolute Gasteiger partial charge is 0.376 e. The summed E-state index contributed by atoms with van der Waals surface area (Å²) in [6.07, 6.45) is 0. The van der Waals surface area contributed by atoms with Crippen molar-refractivity contribution in [1.82, 2.24) is 86.0 Å². The summed E-state index contributed by atoms with van der Waals surface area (Å²) in [5.74, 6) is -0.598. The molecule has 4 aromatic heterocycles. The number of carbonyl (C=O) groups excluding carboxylic acids is 2. The van der Waals surface area contributed by atoms with E-state index in [0.29, 0.717) is 4.90 Å². The van der Waals surface area contributed by atoms with Crippen molar-refractivity contribution in [2.24, 2.45) is 10.7 Å². The zero-order chi connectivity index (χ0) is 74.8. The van der Waals surface area contributed by atoms with Crippen LogP contribution in [0, 0.1) is 0 Å². The van der Waals surface area contributed by atoms with Gasteiger partial charge in [0.25, 0.3) is 0 Å². The van der Waals surface area contributed by atoms with E-state index in [-0.39, 0.29) is 111 Å². The summed E-state index contributed by atoms with van der Waals surface area (Å²) in [5.41, 5.74) is 10.4. The Morgan fingerprint density at radius 2 is 0.520 bits per heavy atom. The lowest BCUT2D eigenvalue weighted by atomic mass is 10.6. The number of guanidine groups is 1. The molecule has 37 N–H and O–H groups in total. The lowest BCUT2D eigenvalue weighted by Gasteiger charge is -2.24. The average molecular weight is 1430 g/mol. The summed E-state index contributed by atoms with van der Waals surface area (Å²) in [4.78, 5) is 77.3. The lowest BCUT2D eigenvalue weighted by molar-refractivity contribution is 0.0539. The van der Waals surface area contributed by atoms with Crippen LogP contribution >= 0.6 is 0 Å². The Morgan fingerprint density at radius 3 is 0.724 bits per heavy atom. The molecule has 4 amide bonds. The lowest BCUT2D eigenvalue weighted by Crippen LogP contribution is -2.41. The summed E-state index contributed by atoms with van der Waals surface area (Å²) in [5, 5.41) is 236. The number of carbonyl (C=O) groups is 2. The van der Waals surface area contributed by atoms with E-state index in [4.69, 9.17) is 139 Å². The number of nitrogens with zero attached hydrogens (tertiary/aromatic N) is 21. The van der Waals surface area contributed by atoms with Crippen molar-refractivity contribution in [3.63, 3.8) is 0 Å². The Kier molecular flexibility index (Phi) is 55.6. The van der Waals surface area contributed by atoms with E-state index in [2.05, 4.69) is 91.4 Å². The van der Waals surface area contributed by atoms with Gasteiger partial charge in [-0.05, 0) is 0 Å². The summed E-state index contributed by atoms with van der Waals surface area (Å²) >= 11 is 0. The van der Waals surface area contributed by atoms with Gasteiger partial charge in [0.1, 0.15) is 168 Å². The van der Waals surface area contributed by atoms with Crippen LogP contribution in [0.1, 0.15) is 0 Å². The molecule has 58 nitrogen and oxygen atoms in total. The minimum absolute atomic E-state index is 0.0370. The maximum atomic E-state index is 10.5. The van der Waals surface area contributed by atoms with E-state index in [1.807, 2.05) is 16.0 Å². The maximum absolute atomic E-state index is 10.5. The van der Waals surface area contributed by atoms with Gasteiger partial charge in [0.15, 0.2) is 5.96 Å². The van der Waals surface area contributed by atoms with Gasteiger partial charge in [0, 0.05) is 0 Å². The number of urea groups is 2. The van der Waals surface area contributed by atoms with E-state index < -0.39 is 147 Å². The van der Waals surface area contributed by atoms with Crippen LogP contribution in [0.25, 0.3) is 0 Å². The molecule has 4 heterocycles. The number of aliphatic hydroxyl groups is 25. The van der Waals surface area contributed by atoms with Crippen molar-refractivity contribution in [1.29, 1.82) is 0 Å². The van der Waals surface area contributed by atoms with Gasteiger partial charge in [0.05, 0.1) is 0 Å². The van der Waals surface area contributed by atoms with Gasteiger partial charge in [-0.1, -0.05) is 0 Å². The predicted octanol–water partition coefficient (Wildman–Crippen LogP) is -18.7. The number of nitrogens with one attached hydrogen (secondary N) is 8. The van der Waals surface area contributed by atoms with E-state index in [1.54, 1.807) is 0 Å². The first-order valence-electron chi connectivity index (χ1n) is 26.5. The zero-order valence-corrected chi connectivity index (χ0v) is 51.7. The number of hydrogen-bond donors (Lipinski definition) is 35. The number of amides is 4. The van der Waals surface area contributed by atoms with Crippen molar-refractivity contribution in [3.8, 4) is 0 Å². The molecular formula is C40H87N31O27. The molecule has 4 aromatic rings. The number of nitrogens with two attached hydrogens (primary N) is 2. The van der Waals surface area contributed by atoms with Gasteiger partial charge in [-0.15, -0.1) is 0 Å². The highest BCUT2D eigenvalue weighted by Crippen LogP contribution is 2.19. The third-order valence-electron chi connectivity index (χ3n) is 9.63. The first kappa shape index (κ1) is 92.6. The quantitative estimate of drug-likeness (QED) is 0.0114. The Balaban J connectivity index is -0.00000110. The number of aliphatic hydroxyl groups excluding tert-OH is 25. The smallest absolute Gasteiger partial charge is 0.322 e. The fourth-order valence-corrected chi connectivity index (χ4v) is 5.00. The number of hydrogen-bond acceptors (Lipinski definition) is 52. The Labute approximate surface area is 552 Å². The summed E-state index contributed by atoms with van der Waals surface area (Å²) < 4.78 is 0. The van der Waals surface area contributed by atoms with E-state index >= 15 is 0 Å². The molecule has 0 unspecified atom stereocenters. The van der Waals surface area contributed by atoms with Crippen LogP contribution in [-0.4, -0.2) is 379 Å². The van der Waals surface area contributed by atoms with Gasteiger partial charge < -0.3 is 182 Å². The van der Waals surface area contributed by atoms with Crippen molar-refractivity contribution < 1.29 is 137 Å². The number of anilines is 12. The molecule has 0 spiro atoms. The third kappa shape index (κ3) is 37.7. The van der Waals surface area contributed by atoms with Gasteiger partial charge >= 0.3 is 12.1 Å². The molecule has 0 bridgehead atoms. The van der Waals surface area contributed by atoms with Crippen molar-refractivity contribution in [2.45, 2.75) is 0 Å². The Hall–Kier alpha value is -9.55. The van der Waals surface area contributed by atoms with Crippen molar-refractivity contribution in [2.75, 3.05) is 230 Å². The molecule has 0 aliphatic heterocycles. The molecule has 0 atom stereocenters. The normalized spacial score (nSPS) is 10.1. The second-order valence-electron chi connectivity index (χ2n) is 15.7. The summed E-state index contributed by atoms with van der Waals surface area (Å²) in [6.45, 7) is -12.5. The second kappa shape index (κ2) is 58.8. The summed E-state index contributed by atoms with van der Waals surface area (Å²) in [7, 11) is 0. The number of rotatable bonds is 36. The number of nitrogen functional groups attached to an aromatic ring is 1. The maximum Gasteiger partial charge on any atom is 0.322 e. The number of aromatic nitrogens is 12. The van der Waals surface area contributed by atoms with Crippen LogP contribution in [0.5, 0.6) is 0 Å². The SMILES string of the molecule is NC(=NCO)NCO.Nc1nc(N(CO)CO)nc(N(CO)CO)n1.O=C(NCO)N(CO)CO.O=C(NCO)NCO.OCN(CO)c1nc(N(CO)CO)nc(N(CO)CO)n1.OCNc1nc(N(CO)CO)nc(N(CO)CO)n1.OCNc1nc(NCO)nc(NCO)n1. The molecule has 98 heavy (non-hydrogen) atoms. The van der Waals surface area contributed by atoms with Gasteiger partial charge in [-0.25, -0.2) is 14.6 Å². The molecule has 0 fully saturated rings. The van der Waals surface area contributed by atoms with Crippen LogP contribution in [-0.2, 0) is 0 Å². The van der Waals surface area contributed by atoms with Gasteiger partial charge in [-0.2, -0.15) is 59.8 Å². The highest BCUT2D eigenvalue weighted by atomic mass is 16.4. The fourth-order valence-electron chi connectivity index (χ4n) is 5.00. The van der Waals surface area contributed by atoms with Gasteiger partial charge in [-0.3, -0.25) is 39.2 Å². The molecule has 4 rings (SSSR count). The van der Waals surface area contributed by atoms with Crippen molar-refractivity contribution in [3.05, 3.63) is 0 Å². The molecule has 58 heteroatoms. The average Bonchev–Trinajstić information content (AvgIpc) is 0.885. The minimum Gasteiger partial charge on any atom is -0.376 e. The van der Waals surface area contributed by atoms with Gasteiger partial charge in [0.2, 0.25) is 71.4 Å². The van der Waals surface area contributed by atoms with Crippen LogP contribution < -0.4 is 88.3 Å². The first-order valence-corrected chi connectivity index (χ1v) is 26.5. The van der Waals surface area contributed by atoms with Crippen molar-refractivity contribution >= 4 is 89.4 Å². The van der Waals surface area contributed by atoms with E-state index in [1.165, 1.54) is 0 Å². The summed E-state index contributed by atoms with van der Waals surface area (Å²) in [6, 6.07) is -1.30. The highest BCUT2D eigenvalue weighted by Gasteiger charge is 2.20. The molecular weight excluding hydrogens is 1350 g/mol. The van der Waals surface area contributed by atoms with Crippen LogP contribution in [0.2, 0.25) is 0 Å². The predicted molar refractivity (Wildman–Crippen MR) is 330 cm³/mol. The third-order valence-corrected chi connectivity index (χ3v) is 9.63. The topological polar surface area (TPSA) is 881 Å². The first-order chi connectivity index (χ1) is 47.2. The Bertz CT molecular complexity index is 2460. The molecule has 0 aliphatic carbocycles. The molecule has 0 saturated heterocycles. The van der Waals surface area contributed by atoms with E-state index in [9.17, 15) is 9.59 Å². The molecule has 0 saturated carbocycles. The van der Waals surface area contributed by atoms with Crippen LogP contribution in [0.4, 0.5) is 81.0 Å². The fraction of sp³-hybridized carbons (Fsp3) is 0.625. The standard InChI is InChI=1S/C9H18N6O6.C8H16N6O5.C7H14N6O4.C6H12N6O3.C4H10N2O4.C3H9N3O2.C3H8N2O3/c16-1-13(2-17)7-10-8(14(3-18)4-19)12-9(11-7)15(5-20)6-21;15-1-9-6-10-7(13(2-16)3-17)12-8(11-6)14(4-18)5-19;8-5-9-6(12(1-14)2-15)11-7(10-5)13(3-16)4-17;13-1-7-4-10-5(8-2-14)12-6(11-4)9-3-15;7-1-5-4(10)6(2-8)3-9;4-3(5-1-7)6-2-8;6-1-4-3(8)5-2-7/h16-21H,1-6H2;15-19H,1-5H2,(H,9,10,11,12);14-17H,1-4H2,(H2,8,9,10,11);13-15H,1-3H2,(H3,7,8,9,10,11,12);7-9H,1-3H2,(H,5,10);7-8H,1-2H2,(H3,4,5,6);6-7H,1-2H2,(H2,4,5,8). The second-order valence-corrected chi connectivity index (χ2v) is 15.7. The molecule has 0 radical (unpaired) electrons. The molecule has 0 aliphatic rings.